The largest absolute Gasteiger partial charge is 0.495 e. The number of methoxy groups -OCH3 is 1. The van der Waals surface area contributed by atoms with Gasteiger partial charge in [0, 0.05) is 11.1 Å². The van der Waals surface area contributed by atoms with Gasteiger partial charge < -0.3 is 20.1 Å². The normalized spacial score (nSPS) is 11.1. The van der Waals surface area contributed by atoms with Crippen molar-refractivity contribution >= 4 is 23.3 Å². The van der Waals surface area contributed by atoms with Crippen molar-refractivity contribution in [2.24, 2.45) is 0 Å². The van der Waals surface area contributed by atoms with Gasteiger partial charge in [-0.15, -0.1) is 0 Å². The Bertz CT molecular complexity index is 829. The van der Waals surface area contributed by atoms with E-state index in [9.17, 15) is 4.79 Å². The summed E-state index contributed by atoms with van der Waals surface area (Å²) in [7, 11) is 1.53. The van der Waals surface area contributed by atoms with Gasteiger partial charge in [-0.1, -0.05) is 50.1 Å². The van der Waals surface area contributed by atoms with E-state index in [4.69, 9.17) is 21.1 Å². The second-order valence-corrected chi connectivity index (χ2v) is 7.88. The number of urea groups is 1. The van der Waals surface area contributed by atoms with Crippen LogP contribution in [0.4, 0.5) is 10.5 Å². The molecule has 2 amide bonds. The third-order valence-corrected chi connectivity index (χ3v) is 4.54. The molecule has 0 aliphatic rings. The lowest BCUT2D eigenvalue weighted by molar-refractivity contribution is 0.233. The fourth-order valence-electron chi connectivity index (χ4n) is 2.63. The number of aryl methyl sites for hydroxylation is 2. The summed E-state index contributed by atoms with van der Waals surface area (Å²) in [5, 5.41) is 6.03. The van der Waals surface area contributed by atoms with Crippen LogP contribution in [0.25, 0.3) is 0 Å². The first kappa shape index (κ1) is 20.9. The van der Waals surface area contributed by atoms with Gasteiger partial charge in [0.15, 0.2) is 6.73 Å². The van der Waals surface area contributed by atoms with E-state index in [1.54, 1.807) is 12.1 Å². The van der Waals surface area contributed by atoms with Gasteiger partial charge in [0.25, 0.3) is 0 Å². The number of rotatable bonds is 5. The molecule has 0 fully saturated rings. The molecule has 0 spiro atoms. The predicted molar refractivity (Wildman–Crippen MR) is 110 cm³/mol. The standard InChI is InChI=1S/C21H27ClN2O3/c1-13-7-8-18(15(9-13)21(3,4)5)27-12-23-20(25)24-17-10-14(2)16(22)11-19(17)26-6/h7-11H,12H2,1-6H3,(H2,23,24,25). The lowest BCUT2D eigenvalue weighted by Crippen LogP contribution is -2.32. The zero-order valence-corrected chi connectivity index (χ0v) is 17.5. The van der Waals surface area contributed by atoms with Gasteiger partial charge in [0.2, 0.25) is 0 Å². The van der Waals surface area contributed by atoms with E-state index in [1.807, 2.05) is 26.0 Å². The van der Waals surface area contributed by atoms with Crippen LogP contribution in [0, 0.1) is 13.8 Å². The third-order valence-electron chi connectivity index (χ3n) is 4.13. The van der Waals surface area contributed by atoms with Crippen LogP contribution in [-0.2, 0) is 5.41 Å². The average molecular weight is 391 g/mol. The van der Waals surface area contributed by atoms with Crippen molar-refractivity contribution in [3.63, 3.8) is 0 Å². The van der Waals surface area contributed by atoms with Crippen LogP contribution in [0.5, 0.6) is 11.5 Å². The molecule has 0 aliphatic carbocycles. The predicted octanol–water partition coefficient (Wildman–Crippen LogP) is 5.42. The lowest BCUT2D eigenvalue weighted by Gasteiger charge is -2.23. The number of hydrogen-bond acceptors (Lipinski definition) is 3. The fourth-order valence-corrected chi connectivity index (χ4v) is 2.79. The van der Waals surface area contributed by atoms with E-state index < -0.39 is 0 Å². The summed E-state index contributed by atoms with van der Waals surface area (Å²) in [6.45, 7) is 10.3. The number of amides is 2. The summed E-state index contributed by atoms with van der Waals surface area (Å²) in [5.74, 6) is 1.25. The molecular weight excluding hydrogens is 364 g/mol. The molecule has 146 valence electrons. The van der Waals surface area contributed by atoms with Crippen LogP contribution in [0.1, 0.15) is 37.5 Å². The molecule has 2 N–H and O–H groups in total. The number of anilines is 1. The number of benzene rings is 2. The molecule has 2 rings (SSSR count). The molecule has 0 unspecified atom stereocenters. The van der Waals surface area contributed by atoms with Crippen molar-refractivity contribution in [2.75, 3.05) is 19.2 Å². The van der Waals surface area contributed by atoms with Gasteiger partial charge in [-0.05, 0) is 42.5 Å². The maximum absolute atomic E-state index is 12.2. The highest BCUT2D eigenvalue weighted by Gasteiger charge is 2.19. The number of hydrogen-bond donors (Lipinski definition) is 2. The van der Waals surface area contributed by atoms with Crippen LogP contribution in [0.2, 0.25) is 5.02 Å². The van der Waals surface area contributed by atoms with Crippen LogP contribution in [-0.4, -0.2) is 19.9 Å². The maximum atomic E-state index is 12.2. The van der Waals surface area contributed by atoms with Crippen LogP contribution in [0.15, 0.2) is 30.3 Å². The molecule has 0 saturated heterocycles. The second kappa shape index (κ2) is 8.53. The van der Waals surface area contributed by atoms with Gasteiger partial charge in [-0.3, -0.25) is 0 Å². The highest BCUT2D eigenvalue weighted by Crippen LogP contribution is 2.32. The number of carbonyl (C=O) groups excluding carboxylic acids is 1. The maximum Gasteiger partial charge on any atom is 0.321 e. The number of ether oxygens (including phenoxy) is 2. The lowest BCUT2D eigenvalue weighted by atomic mass is 9.85. The molecule has 5 nitrogen and oxygen atoms in total. The Morgan fingerprint density at radius 3 is 2.44 bits per heavy atom. The smallest absolute Gasteiger partial charge is 0.321 e. The van der Waals surface area contributed by atoms with Crippen LogP contribution >= 0.6 is 11.6 Å². The Hall–Kier alpha value is -2.40. The molecule has 0 heterocycles. The molecular formula is C21H27ClN2O3. The molecule has 27 heavy (non-hydrogen) atoms. The third kappa shape index (κ3) is 5.54. The van der Waals surface area contributed by atoms with Gasteiger partial charge in [-0.25, -0.2) is 4.79 Å². The molecule has 0 saturated carbocycles. The van der Waals surface area contributed by atoms with Crippen molar-refractivity contribution in [1.29, 1.82) is 0 Å². The summed E-state index contributed by atoms with van der Waals surface area (Å²) in [6.07, 6.45) is 0. The molecule has 0 radical (unpaired) electrons. The first-order valence-electron chi connectivity index (χ1n) is 8.74. The Balaban J connectivity index is 2.01. The van der Waals surface area contributed by atoms with Crippen LogP contribution < -0.4 is 20.1 Å². The van der Waals surface area contributed by atoms with E-state index in [-0.39, 0.29) is 18.2 Å². The molecule has 0 bridgehead atoms. The number of halogens is 1. The first-order chi connectivity index (χ1) is 12.6. The molecule has 0 atom stereocenters. The van der Waals surface area contributed by atoms with E-state index >= 15 is 0 Å². The number of carbonyl (C=O) groups is 1. The minimum absolute atomic E-state index is 0.0485. The number of nitrogens with one attached hydrogen (secondary N) is 2. The second-order valence-electron chi connectivity index (χ2n) is 7.47. The highest BCUT2D eigenvalue weighted by molar-refractivity contribution is 6.31. The zero-order chi connectivity index (χ0) is 20.2. The van der Waals surface area contributed by atoms with Crippen molar-refractivity contribution < 1.29 is 14.3 Å². The Kier molecular flexibility index (Phi) is 6.60. The quantitative estimate of drug-likeness (QED) is 0.670. The van der Waals surface area contributed by atoms with Crippen molar-refractivity contribution in [1.82, 2.24) is 5.32 Å². The summed E-state index contributed by atoms with van der Waals surface area (Å²) in [4.78, 5) is 12.2. The van der Waals surface area contributed by atoms with Crippen molar-refractivity contribution in [3.8, 4) is 11.5 Å². The van der Waals surface area contributed by atoms with Gasteiger partial charge in [0.1, 0.15) is 11.5 Å². The summed E-state index contributed by atoms with van der Waals surface area (Å²) in [5.41, 5.74) is 3.60. The van der Waals surface area contributed by atoms with E-state index in [1.165, 1.54) is 12.7 Å². The Labute approximate surface area is 166 Å². The van der Waals surface area contributed by atoms with Crippen molar-refractivity contribution in [2.45, 2.75) is 40.0 Å². The van der Waals surface area contributed by atoms with E-state index in [2.05, 4.69) is 37.5 Å². The van der Waals surface area contributed by atoms with Gasteiger partial charge >= 0.3 is 6.03 Å². The summed E-state index contributed by atoms with van der Waals surface area (Å²) in [6, 6.07) is 9.08. The topological polar surface area (TPSA) is 59.6 Å². The Morgan fingerprint density at radius 2 is 1.81 bits per heavy atom. The van der Waals surface area contributed by atoms with E-state index in [0.717, 1.165) is 16.9 Å². The molecule has 2 aromatic rings. The monoisotopic (exact) mass is 390 g/mol. The molecule has 0 aliphatic heterocycles. The zero-order valence-electron chi connectivity index (χ0n) is 16.7. The molecule has 2 aromatic carbocycles. The summed E-state index contributed by atoms with van der Waals surface area (Å²) >= 11 is 6.09. The fraction of sp³-hybridized carbons (Fsp3) is 0.381. The SMILES string of the molecule is COc1cc(Cl)c(C)cc1NC(=O)NCOc1ccc(C)cc1C(C)(C)C. The Morgan fingerprint density at radius 1 is 1.11 bits per heavy atom. The van der Waals surface area contributed by atoms with Crippen molar-refractivity contribution in [3.05, 3.63) is 52.0 Å². The van der Waals surface area contributed by atoms with Gasteiger partial charge in [0.05, 0.1) is 12.8 Å². The minimum atomic E-state index is -0.389. The highest BCUT2D eigenvalue weighted by atomic mass is 35.5. The molecule has 6 heteroatoms. The van der Waals surface area contributed by atoms with Gasteiger partial charge in [-0.2, -0.15) is 0 Å². The summed E-state index contributed by atoms with van der Waals surface area (Å²) < 4.78 is 11.1. The molecule has 0 aromatic heterocycles. The average Bonchev–Trinajstić information content (AvgIpc) is 2.58. The first-order valence-corrected chi connectivity index (χ1v) is 9.12. The minimum Gasteiger partial charge on any atom is -0.495 e. The van der Waals surface area contributed by atoms with E-state index in [0.29, 0.717) is 16.5 Å². The van der Waals surface area contributed by atoms with Crippen LogP contribution in [0.3, 0.4) is 0 Å².